The maximum Gasteiger partial charge on any atom is 0.261 e. The van der Waals surface area contributed by atoms with Crippen molar-refractivity contribution < 1.29 is 13.2 Å². The number of hydrogen-bond acceptors (Lipinski definition) is 3. The SMILES string of the molecule is O=C(NCc1cccc(Cl)c1)c1cccc(S(=O)(=O)Nc2cccc(Cl)c2)c1. The smallest absolute Gasteiger partial charge is 0.261 e. The van der Waals surface area contributed by atoms with Crippen molar-refractivity contribution in [1.29, 1.82) is 0 Å². The summed E-state index contributed by atoms with van der Waals surface area (Å²) in [4.78, 5) is 12.4. The molecule has 2 N–H and O–H groups in total. The van der Waals surface area contributed by atoms with Crippen LogP contribution in [0, 0.1) is 0 Å². The standard InChI is InChI=1S/C20H16Cl2N2O3S/c21-16-6-1-4-14(10-16)13-23-20(25)15-5-2-9-19(11-15)28(26,27)24-18-8-3-7-17(22)12-18/h1-12,24H,13H2,(H,23,25). The summed E-state index contributed by atoms with van der Waals surface area (Å²) in [7, 11) is -3.86. The van der Waals surface area contributed by atoms with Crippen molar-refractivity contribution in [2.45, 2.75) is 11.4 Å². The monoisotopic (exact) mass is 434 g/mol. The van der Waals surface area contributed by atoms with Crippen LogP contribution >= 0.6 is 23.2 Å². The number of carbonyl (C=O) groups is 1. The van der Waals surface area contributed by atoms with E-state index in [0.717, 1.165) is 5.56 Å². The van der Waals surface area contributed by atoms with Crippen molar-refractivity contribution in [3.8, 4) is 0 Å². The Bertz CT molecular complexity index is 1120. The van der Waals surface area contributed by atoms with Crippen LogP contribution in [-0.4, -0.2) is 14.3 Å². The maximum absolute atomic E-state index is 12.6. The molecular formula is C20H16Cl2N2O3S. The van der Waals surface area contributed by atoms with Crippen molar-refractivity contribution in [2.75, 3.05) is 4.72 Å². The predicted molar refractivity (Wildman–Crippen MR) is 111 cm³/mol. The summed E-state index contributed by atoms with van der Waals surface area (Å²) in [5.41, 5.74) is 1.41. The normalized spacial score (nSPS) is 11.1. The molecule has 0 aromatic heterocycles. The number of sulfonamides is 1. The molecule has 0 unspecified atom stereocenters. The fourth-order valence-corrected chi connectivity index (χ4v) is 4.00. The van der Waals surface area contributed by atoms with Crippen molar-refractivity contribution in [3.63, 3.8) is 0 Å². The fraction of sp³-hybridized carbons (Fsp3) is 0.0500. The third-order valence-corrected chi connectivity index (χ3v) is 5.67. The Morgan fingerprint density at radius 2 is 1.54 bits per heavy atom. The van der Waals surface area contributed by atoms with Gasteiger partial charge in [-0.2, -0.15) is 0 Å². The van der Waals surface area contributed by atoms with Gasteiger partial charge in [0.1, 0.15) is 0 Å². The van der Waals surface area contributed by atoms with Crippen LogP contribution in [0.2, 0.25) is 10.0 Å². The molecule has 0 bridgehead atoms. The largest absolute Gasteiger partial charge is 0.348 e. The second kappa shape index (κ2) is 8.65. The second-order valence-corrected chi connectivity index (χ2v) is 8.51. The number of amides is 1. The zero-order chi connectivity index (χ0) is 20.1. The van der Waals surface area contributed by atoms with Gasteiger partial charge in [-0.15, -0.1) is 0 Å². The van der Waals surface area contributed by atoms with Crippen LogP contribution in [0.15, 0.2) is 77.7 Å². The Labute approximate surface area is 173 Å². The minimum absolute atomic E-state index is 0.0251. The number of nitrogens with one attached hydrogen (secondary N) is 2. The molecular weight excluding hydrogens is 419 g/mol. The molecule has 0 heterocycles. The van der Waals surface area contributed by atoms with E-state index in [1.54, 1.807) is 42.5 Å². The number of benzene rings is 3. The molecule has 0 aliphatic heterocycles. The molecule has 0 atom stereocenters. The van der Waals surface area contributed by atoms with Crippen LogP contribution in [0.3, 0.4) is 0 Å². The van der Waals surface area contributed by atoms with E-state index >= 15 is 0 Å². The van der Waals surface area contributed by atoms with E-state index < -0.39 is 10.0 Å². The van der Waals surface area contributed by atoms with Crippen molar-refractivity contribution in [2.24, 2.45) is 0 Å². The van der Waals surface area contributed by atoms with Gasteiger partial charge in [-0.05, 0) is 54.1 Å². The van der Waals surface area contributed by atoms with Gasteiger partial charge in [0.05, 0.1) is 10.6 Å². The maximum atomic E-state index is 12.6. The van der Waals surface area contributed by atoms with Crippen molar-refractivity contribution in [1.82, 2.24) is 5.32 Å². The summed E-state index contributed by atoms with van der Waals surface area (Å²) in [5, 5.41) is 3.74. The van der Waals surface area contributed by atoms with E-state index in [1.807, 2.05) is 6.07 Å². The van der Waals surface area contributed by atoms with Gasteiger partial charge < -0.3 is 5.32 Å². The first-order valence-electron chi connectivity index (χ1n) is 8.24. The molecule has 3 aromatic rings. The highest BCUT2D eigenvalue weighted by molar-refractivity contribution is 7.92. The molecule has 5 nitrogen and oxygen atoms in total. The molecule has 28 heavy (non-hydrogen) atoms. The van der Waals surface area contributed by atoms with Crippen LogP contribution < -0.4 is 10.0 Å². The Kier molecular flexibility index (Phi) is 6.24. The lowest BCUT2D eigenvalue weighted by molar-refractivity contribution is 0.0950. The highest BCUT2D eigenvalue weighted by atomic mass is 35.5. The van der Waals surface area contributed by atoms with Gasteiger partial charge in [-0.1, -0.05) is 47.5 Å². The van der Waals surface area contributed by atoms with Crippen LogP contribution in [0.4, 0.5) is 5.69 Å². The molecule has 3 aromatic carbocycles. The summed E-state index contributed by atoms with van der Waals surface area (Å²) in [6, 6.07) is 19.3. The zero-order valence-electron chi connectivity index (χ0n) is 14.5. The van der Waals surface area contributed by atoms with Crippen molar-refractivity contribution >= 4 is 44.8 Å². The van der Waals surface area contributed by atoms with Crippen molar-refractivity contribution in [3.05, 3.63) is 94.0 Å². The lowest BCUT2D eigenvalue weighted by Crippen LogP contribution is -2.23. The predicted octanol–water partition coefficient (Wildman–Crippen LogP) is 4.72. The molecule has 1 amide bonds. The Morgan fingerprint density at radius 3 is 2.25 bits per heavy atom. The number of rotatable bonds is 6. The third kappa shape index (κ3) is 5.25. The quantitative estimate of drug-likeness (QED) is 0.588. The summed E-state index contributed by atoms with van der Waals surface area (Å²) >= 11 is 11.8. The molecule has 0 fully saturated rings. The van der Waals surface area contributed by atoms with E-state index in [4.69, 9.17) is 23.2 Å². The summed E-state index contributed by atoms with van der Waals surface area (Å²) < 4.78 is 27.7. The van der Waals surface area contributed by atoms with Crippen LogP contribution in [0.25, 0.3) is 0 Å². The average molecular weight is 435 g/mol. The first-order valence-corrected chi connectivity index (χ1v) is 10.5. The molecule has 0 saturated heterocycles. The summed E-state index contributed by atoms with van der Waals surface area (Å²) in [6.45, 7) is 0.275. The first kappa shape index (κ1) is 20.2. The minimum atomic E-state index is -3.86. The molecule has 0 radical (unpaired) electrons. The van der Waals surface area contributed by atoms with Gasteiger partial charge in [0.2, 0.25) is 0 Å². The molecule has 0 aliphatic rings. The first-order chi connectivity index (χ1) is 13.3. The highest BCUT2D eigenvalue weighted by Gasteiger charge is 2.16. The van der Waals surface area contributed by atoms with E-state index in [2.05, 4.69) is 10.0 Å². The molecule has 3 rings (SSSR count). The van der Waals surface area contributed by atoms with Crippen LogP contribution in [0.5, 0.6) is 0 Å². The number of halogens is 2. The molecule has 144 valence electrons. The second-order valence-electron chi connectivity index (χ2n) is 5.96. The summed E-state index contributed by atoms with van der Waals surface area (Å²) in [6.07, 6.45) is 0. The Morgan fingerprint density at radius 1 is 0.857 bits per heavy atom. The molecule has 8 heteroatoms. The van der Waals surface area contributed by atoms with E-state index in [9.17, 15) is 13.2 Å². The Balaban J connectivity index is 1.74. The van der Waals surface area contributed by atoms with E-state index in [1.165, 1.54) is 24.3 Å². The minimum Gasteiger partial charge on any atom is -0.348 e. The van der Waals surface area contributed by atoms with Gasteiger partial charge in [-0.3, -0.25) is 9.52 Å². The van der Waals surface area contributed by atoms with E-state index in [0.29, 0.717) is 15.7 Å². The highest BCUT2D eigenvalue weighted by Crippen LogP contribution is 2.20. The number of anilines is 1. The summed E-state index contributed by atoms with van der Waals surface area (Å²) in [5.74, 6) is -0.389. The van der Waals surface area contributed by atoms with Gasteiger partial charge in [0.25, 0.3) is 15.9 Å². The van der Waals surface area contributed by atoms with Gasteiger partial charge in [0, 0.05) is 22.2 Å². The number of hydrogen-bond donors (Lipinski definition) is 2. The third-order valence-electron chi connectivity index (χ3n) is 3.83. The zero-order valence-corrected chi connectivity index (χ0v) is 16.9. The van der Waals surface area contributed by atoms with E-state index in [-0.39, 0.29) is 22.9 Å². The van der Waals surface area contributed by atoms with Crippen LogP contribution in [0.1, 0.15) is 15.9 Å². The van der Waals surface area contributed by atoms with Gasteiger partial charge in [0.15, 0.2) is 0 Å². The topological polar surface area (TPSA) is 75.3 Å². The molecule has 0 aliphatic carbocycles. The van der Waals surface area contributed by atoms with Gasteiger partial charge >= 0.3 is 0 Å². The average Bonchev–Trinajstić information content (AvgIpc) is 2.66. The fourth-order valence-electron chi connectivity index (χ4n) is 2.50. The molecule has 0 saturated carbocycles. The Hall–Kier alpha value is -2.54. The molecule has 0 spiro atoms. The lowest BCUT2D eigenvalue weighted by atomic mass is 10.2. The van der Waals surface area contributed by atoms with Crippen LogP contribution in [-0.2, 0) is 16.6 Å². The van der Waals surface area contributed by atoms with Gasteiger partial charge in [-0.25, -0.2) is 8.42 Å². The lowest BCUT2D eigenvalue weighted by Gasteiger charge is -2.10. The number of carbonyl (C=O) groups excluding carboxylic acids is 1.